The van der Waals surface area contributed by atoms with Crippen LogP contribution in [0.4, 0.5) is 0 Å². The van der Waals surface area contributed by atoms with Crippen molar-refractivity contribution in [1.29, 1.82) is 0 Å². The van der Waals surface area contributed by atoms with Gasteiger partial charge < -0.3 is 9.64 Å². The smallest absolute Gasteiger partial charge is 0.108 e. The normalized spacial score (nSPS) is 23.7. The van der Waals surface area contributed by atoms with E-state index in [1.165, 1.54) is 49.9 Å². The molecule has 0 aromatic heterocycles. The number of hydrogen-bond donors (Lipinski definition) is 0. The van der Waals surface area contributed by atoms with Gasteiger partial charge in [0.2, 0.25) is 0 Å². The Morgan fingerprint density at radius 2 is 1.24 bits per heavy atom. The molecule has 2 nitrogen and oxygen atoms in total. The molecule has 2 aliphatic heterocycles. The molecule has 2 aromatic rings. The molecule has 2 saturated heterocycles. The lowest BCUT2D eigenvalue weighted by molar-refractivity contribution is 0.0578. The van der Waals surface area contributed by atoms with Gasteiger partial charge in [0.05, 0.1) is 6.61 Å². The average Bonchev–Trinajstić information content (AvgIpc) is 2.99. The van der Waals surface area contributed by atoms with Gasteiger partial charge in [0.15, 0.2) is 0 Å². The van der Waals surface area contributed by atoms with Crippen molar-refractivity contribution >= 4 is 0 Å². The van der Waals surface area contributed by atoms with Crippen LogP contribution in [0.15, 0.2) is 60.7 Å². The summed E-state index contributed by atoms with van der Waals surface area (Å²) in [5.74, 6) is 1.86. The Bertz CT molecular complexity index is 580. The van der Waals surface area contributed by atoms with Gasteiger partial charge in [0, 0.05) is 19.6 Å². The zero-order valence-corrected chi connectivity index (χ0v) is 15.0. The molecule has 3 fully saturated rings. The molecule has 0 amide bonds. The molecule has 2 aromatic carbocycles. The van der Waals surface area contributed by atoms with Gasteiger partial charge in [-0.1, -0.05) is 60.7 Å². The van der Waals surface area contributed by atoms with E-state index in [1.54, 1.807) is 0 Å². The van der Waals surface area contributed by atoms with E-state index in [-0.39, 0.29) is 6.10 Å². The molecule has 1 saturated carbocycles. The number of nitrogens with zero attached hydrogens (tertiary/aromatic N) is 1. The molecular formula is C23H29NO. The second kappa shape index (κ2) is 8.16. The first-order valence-corrected chi connectivity index (χ1v) is 9.82. The van der Waals surface area contributed by atoms with Crippen LogP contribution in [-0.4, -0.2) is 31.1 Å². The first-order valence-electron chi connectivity index (χ1n) is 9.82. The van der Waals surface area contributed by atoms with Crippen LogP contribution in [0.1, 0.15) is 42.9 Å². The summed E-state index contributed by atoms with van der Waals surface area (Å²) in [6.07, 6.45) is 5.81. The number of hydrogen-bond acceptors (Lipinski definition) is 2. The molecule has 0 N–H and O–H groups in total. The van der Waals surface area contributed by atoms with Crippen LogP contribution in [0.2, 0.25) is 0 Å². The monoisotopic (exact) mass is 335 g/mol. The van der Waals surface area contributed by atoms with Crippen LogP contribution in [-0.2, 0) is 4.74 Å². The maximum atomic E-state index is 6.41. The van der Waals surface area contributed by atoms with Gasteiger partial charge >= 0.3 is 0 Å². The molecule has 2 heteroatoms. The van der Waals surface area contributed by atoms with Gasteiger partial charge in [-0.3, -0.25) is 0 Å². The molecule has 2 bridgehead atoms. The molecule has 1 aliphatic carbocycles. The van der Waals surface area contributed by atoms with Crippen LogP contribution in [0.25, 0.3) is 0 Å². The van der Waals surface area contributed by atoms with E-state index >= 15 is 0 Å². The number of rotatable bonds is 6. The van der Waals surface area contributed by atoms with Crippen LogP contribution in [0.3, 0.4) is 0 Å². The Labute approximate surface area is 151 Å². The van der Waals surface area contributed by atoms with E-state index in [0.717, 1.165) is 25.0 Å². The average molecular weight is 335 g/mol. The fraction of sp³-hybridized carbons (Fsp3) is 0.478. The van der Waals surface area contributed by atoms with Crippen LogP contribution in [0, 0.1) is 11.8 Å². The third-order valence-corrected chi connectivity index (χ3v) is 5.90. The zero-order chi connectivity index (χ0) is 16.9. The fourth-order valence-corrected chi connectivity index (χ4v) is 4.52. The quantitative estimate of drug-likeness (QED) is 0.743. The summed E-state index contributed by atoms with van der Waals surface area (Å²) in [4.78, 5) is 2.66. The first-order chi connectivity index (χ1) is 12.4. The summed E-state index contributed by atoms with van der Waals surface area (Å²) >= 11 is 0. The van der Waals surface area contributed by atoms with Crippen molar-refractivity contribution in [2.45, 2.75) is 31.8 Å². The van der Waals surface area contributed by atoms with E-state index in [9.17, 15) is 0 Å². The number of ether oxygens (including phenoxy) is 1. The third-order valence-electron chi connectivity index (χ3n) is 5.90. The predicted octanol–water partition coefficient (Wildman–Crippen LogP) is 4.91. The third kappa shape index (κ3) is 4.31. The lowest BCUT2D eigenvalue weighted by atomic mass is 9.84. The Hall–Kier alpha value is -1.64. The van der Waals surface area contributed by atoms with Crippen LogP contribution >= 0.6 is 0 Å². The number of benzene rings is 2. The maximum Gasteiger partial charge on any atom is 0.108 e. The van der Waals surface area contributed by atoms with Gasteiger partial charge in [0.1, 0.15) is 6.10 Å². The summed E-state index contributed by atoms with van der Waals surface area (Å²) < 4.78 is 6.41. The minimum absolute atomic E-state index is 0.0334. The van der Waals surface area contributed by atoms with Crippen LogP contribution < -0.4 is 0 Å². The van der Waals surface area contributed by atoms with Gasteiger partial charge in [0.25, 0.3) is 0 Å². The molecule has 0 atom stereocenters. The van der Waals surface area contributed by atoms with Crippen LogP contribution in [0.5, 0.6) is 0 Å². The lowest BCUT2D eigenvalue weighted by Crippen LogP contribution is -2.32. The molecule has 0 unspecified atom stereocenters. The van der Waals surface area contributed by atoms with E-state index in [2.05, 4.69) is 65.6 Å². The molecule has 0 spiro atoms. The highest BCUT2D eigenvalue weighted by Gasteiger charge is 2.29. The second-order valence-electron chi connectivity index (χ2n) is 7.72. The zero-order valence-electron chi connectivity index (χ0n) is 15.0. The van der Waals surface area contributed by atoms with Crippen molar-refractivity contribution < 1.29 is 4.74 Å². The SMILES string of the molecule is c1ccc(C(OCCN2CC3CCC(CC3)C2)c2ccccc2)cc1. The van der Waals surface area contributed by atoms with Gasteiger partial charge in [-0.05, 0) is 48.6 Å². The Morgan fingerprint density at radius 3 is 1.72 bits per heavy atom. The standard InChI is InChI=1S/C23H29NO/c1-3-7-21(8-4-1)23(22-9-5-2-6-10-22)25-16-15-24-17-19-11-12-20(18-24)14-13-19/h1-10,19-20,23H,11-18H2. The van der Waals surface area contributed by atoms with Crippen molar-refractivity contribution in [2.75, 3.05) is 26.2 Å². The molecule has 0 radical (unpaired) electrons. The molecule has 3 aliphatic rings. The summed E-state index contributed by atoms with van der Waals surface area (Å²) in [7, 11) is 0. The van der Waals surface area contributed by atoms with Gasteiger partial charge in [-0.15, -0.1) is 0 Å². The summed E-state index contributed by atoms with van der Waals surface area (Å²) in [5.41, 5.74) is 2.48. The fourth-order valence-electron chi connectivity index (χ4n) is 4.52. The lowest BCUT2D eigenvalue weighted by Gasteiger charge is -2.24. The summed E-state index contributed by atoms with van der Waals surface area (Å²) in [6.45, 7) is 4.42. The molecule has 25 heavy (non-hydrogen) atoms. The predicted molar refractivity (Wildman–Crippen MR) is 103 cm³/mol. The van der Waals surface area contributed by atoms with E-state index < -0.39 is 0 Å². The highest BCUT2D eigenvalue weighted by atomic mass is 16.5. The Kier molecular flexibility index (Phi) is 5.49. The topological polar surface area (TPSA) is 12.5 Å². The number of fused-ring (bicyclic) bond motifs is 4. The Morgan fingerprint density at radius 1 is 0.760 bits per heavy atom. The van der Waals surface area contributed by atoms with Crippen molar-refractivity contribution in [3.63, 3.8) is 0 Å². The maximum absolute atomic E-state index is 6.41. The van der Waals surface area contributed by atoms with Crippen molar-refractivity contribution in [2.24, 2.45) is 11.8 Å². The highest BCUT2D eigenvalue weighted by molar-refractivity contribution is 5.29. The molecule has 132 valence electrons. The highest BCUT2D eigenvalue weighted by Crippen LogP contribution is 2.34. The van der Waals surface area contributed by atoms with Crippen molar-refractivity contribution in [3.05, 3.63) is 71.8 Å². The minimum Gasteiger partial charge on any atom is -0.367 e. The first kappa shape index (κ1) is 16.8. The summed E-state index contributed by atoms with van der Waals surface area (Å²) in [5, 5.41) is 0. The van der Waals surface area contributed by atoms with Gasteiger partial charge in [-0.25, -0.2) is 0 Å². The van der Waals surface area contributed by atoms with E-state index in [4.69, 9.17) is 4.74 Å². The van der Waals surface area contributed by atoms with Gasteiger partial charge in [-0.2, -0.15) is 0 Å². The van der Waals surface area contributed by atoms with E-state index in [1.807, 2.05) is 0 Å². The Balaban J connectivity index is 1.40. The largest absolute Gasteiger partial charge is 0.367 e. The second-order valence-corrected chi connectivity index (χ2v) is 7.72. The molecular weight excluding hydrogens is 306 g/mol. The molecule has 2 heterocycles. The van der Waals surface area contributed by atoms with Crippen molar-refractivity contribution in [3.8, 4) is 0 Å². The van der Waals surface area contributed by atoms with Crippen molar-refractivity contribution in [1.82, 2.24) is 4.90 Å². The van der Waals surface area contributed by atoms with E-state index in [0.29, 0.717) is 0 Å². The summed E-state index contributed by atoms with van der Waals surface area (Å²) in [6, 6.07) is 21.2. The molecule has 5 rings (SSSR count). The minimum atomic E-state index is 0.0334.